The van der Waals surface area contributed by atoms with Crippen LogP contribution in [-0.2, 0) is 14.3 Å². The molecule has 124 valence electrons. The van der Waals surface area contributed by atoms with Gasteiger partial charge < -0.3 is 19.6 Å². The van der Waals surface area contributed by atoms with Crippen LogP contribution in [0.2, 0.25) is 0 Å². The first-order chi connectivity index (χ1) is 9.55. The Morgan fingerprint density at radius 2 is 1.81 bits per heavy atom. The third kappa shape index (κ3) is 10.3. The molecule has 1 amide bonds. The van der Waals surface area contributed by atoms with E-state index in [4.69, 9.17) is 4.74 Å². The van der Waals surface area contributed by atoms with Crippen molar-refractivity contribution < 1.29 is 23.9 Å². The lowest BCUT2D eigenvalue weighted by Crippen LogP contribution is -2.46. The summed E-state index contributed by atoms with van der Waals surface area (Å²) in [6, 6.07) is 0. The lowest BCUT2D eigenvalue weighted by Gasteiger charge is -2.25. The molecule has 3 atom stereocenters. The molecule has 21 heavy (non-hydrogen) atoms. The largest absolute Gasteiger partial charge is 0.462 e. The molecule has 0 bridgehead atoms. The van der Waals surface area contributed by atoms with Gasteiger partial charge in [-0.1, -0.05) is 13.8 Å². The zero-order valence-corrected chi connectivity index (χ0v) is 14.2. The Bertz CT molecular complexity index is 339. The van der Waals surface area contributed by atoms with Gasteiger partial charge in [0.05, 0.1) is 27.2 Å². The molecule has 6 heteroatoms. The molecule has 0 aliphatic rings. The van der Waals surface area contributed by atoms with Crippen molar-refractivity contribution in [1.29, 1.82) is 0 Å². The minimum Gasteiger partial charge on any atom is -0.462 e. The fourth-order valence-electron chi connectivity index (χ4n) is 1.94. The lowest BCUT2D eigenvalue weighted by molar-refractivity contribution is -0.872. The predicted octanol–water partition coefficient (Wildman–Crippen LogP) is 0.885. The van der Waals surface area contributed by atoms with Gasteiger partial charge in [-0.15, -0.1) is 0 Å². The molecule has 0 saturated heterocycles. The van der Waals surface area contributed by atoms with E-state index in [1.54, 1.807) is 6.92 Å². The summed E-state index contributed by atoms with van der Waals surface area (Å²) in [6.07, 6.45) is 0.431. The van der Waals surface area contributed by atoms with E-state index in [1.807, 2.05) is 28.1 Å². The van der Waals surface area contributed by atoms with Crippen molar-refractivity contribution in [2.24, 2.45) is 5.92 Å². The number of rotatable bonds is 9. The number of aliphatic hydroxyl groups is 1. The Morgan fingerprint density at radius 3 is 2.24 bits per heavy atom. The highest BCUT2D eigenvalue weighted by molar-refractivity contribution is 5.78. The van der Waals surface area contributed by atoms with E-state index in [2.05, 4.69) is 5.32 Å². The smallest absolute Gasteiger partial charge is 0.302 e. The average molecular weight is 303 g/mol. The van der Waals surface area contributed by atoms with Crippen LogP contribution in [-0.4, -0.2) is 61.5 Å². The summed E-state index contributed by atoms with van der Waals surface area (Å²) in [7, 11) is 5.97. The minimum atomic E-state index is -0.654. The summed E-state index contributed by atoms with van der Waals surface area (Å²) in [4.78, 5) is 22.9. The number of carbonyl (C=O) groups excluding carboxylic acids is 2. The molecule has 0 spiro atoms. The molecule has 3 unspecified atom stereocenters. The topological polar surface area (TPSA) is 75.6 Å². The first-order valence-electron chi connectivity index (χ1n) is 7.48. The normalized spacial score (nSPS) is 16.0. The first kappa shape index (κ1) is 19.9. The molecule has 0 saturated carbocycles. The number of nitrogens with one attached hydrogen (secondary N) is 1. The second kappa shape index (κ2) is 9.00. The molecule has 0 aromatic carbocycles. The van der Waals surface area contributed by atoms with Gasteiger partial charge in [0.1, 0.15) is 6.10 Å². The Balaban J connectivity index is 4.20. The summed E-state index contributed by atoms with van der Waals surface area (Å²) in [5, 5.41) is 12.9. The van der Waals surface area contributed by atoms with Crippen molar-refractivity contribution in [1.82, 2.24) is 5.32 Å². The number of amides is 1. The number of quaternary nitrogens is 1. The van der Waals surface area contributed by atoms with E-state index in [9.17, 15) is 14.7 Å². The highest BCUT2D eigenvalue weighted by Crippen LogP contribution is 2.14. The molecule has 0 rings (SSSR count). The van der Waals surface area contributed by atoms with Crippen molar-refractivity contribution in [2.45, 2.75) is 52.2 Å². The van der Waals surface area contributed by atoms with E-state index in [-0.39, 0.29) is 23.9 Å². The third-order valence-corrected chi connectivity index (χ3v) is 3.12. The van der Waals surface area contributed by atoms with E-state index < -0.39 is 6.10 Å². The van der Waals surface area contributed by atoms with Crippen LogP contribution >= 0.6 is 0 Å². The van der Waals surface area contributed by atoms with E-state index in [0.717, 1.165) is 0 Å². The summed E-state index contributed by atoms with van der Waals surface area (Å²) in [5.74, 6) is -0.688. The quantitative estimate of drug-likeness (QED) is 0.377. The number of hydrogen-bond acceptors (Lipinski definition) is 4. The number of carbonyl (C=O) groups is 2. The molecule has 0 heterocycles. The molecular weight excluding hydrogens is 272 g/mol. The average Bonchev–Trinajstić information content (AvgIpc) is 2.33. The monoisotopic (exact) mass is 303 g/mol. The molecular formula is C15H31N2O4+. The van der Waals surface area contributed by atoms with Gasteiger partial charge in [-0.2, -0.15) is 0 Å². The molecule has 2 N–H and O–H groups in total. The van der Waals surface area contributed by atoms with Gasteiger partial charge >= 0.3 is 5.97 Å². The summed E-state index contributed by atoms with van der Waals surface area (Å²) >= 11 is 0. The van der Waals surface area contributed by atoms with Crippen molar-refractivity contribution in [3.05, 3.63) is 0 Å². The molecule has 0 aromatic heterocycles. The van der Waals surface area contributed by atoms with Crippen molar-refractivity contribution in [3.8, 4) is 0 Å². The zero-order valence-electron chi connectivity index (χ0n) is 14.2. The Kier molecular flexibility index (Phi) is 8.51. The number of nitrogens with zero attached hydrogens (tertiary/aromatic N) is 1. The highest BCUT2D eigenvalue weighted by Gasteiger charge is 2.22. The molecule has 6 nitrogen and oxygen atoms in total. The SMILES string of the molecule is CCC(CC(O)CC(C)C(=O)NC[N+](C)(C)C)OC(C)=O. The van der Waals surface area contributed by atoms with Gasteiger partial charge in [-0.05, 0) is 12.8 Å². The maximum atomic E-state index is 11.9. The molecule has 0 aliphatic heterocycles. The molecule has 0 aromatic rings. The Hall–Kier alpha value is -1.14. The third-order valence-electron chi connectivity index (χ3n) is 3.12. The fraction of sp³-hybridized carbons (Fsp3) is 0.867. The second-order valence-corrected chi connectivity index (χ2v) is 6.66. The van der Waals surface area contributed by atoms with Crippen LogP contribution in [0.1, 0.15) is 40.0 Å². The highest BCUT2D eigenvalue weighted by atomic mass is 16.5. The van der Waals surface area contributed by atoms with E-state index >= 15 is 0 Å². The summed E-state index contributed by atoms with van der Waals surface area (Å²) in [6.45, 7) is 5.60. The predicted molar refractivity (Wildman–Crippen MR) is 81.3 cm³/mol. The van der Waals surface area contributed by atoms with Gasteiger partial charge in [0.25, 0.3) is 0 Å². The van der Waals surface area contributed by atoms with Crippen LogP contribution < -0.4 is 5.32 Å². The fourth-order valence-corrected chi connectivity index (χ4v) is 1.94. The van der Waals surface area contributed by atoms with Crippen LogP contribution in [0, 0.1) is 5.92 Å². The number of ether oxygens (including phenoxy) is 1. The lowest BCUT2D eigenvalue weighted by atomic mass is 9.98. The molecule has 0 aliphatic carbocycles. The summed E-state index contributed by atoms with van der Waals surface area (Å²) < 4.78 is 5.75. The van der Waals surface area contributed by atoms with Gasteiger partial charge in [0.2, 0.25) is 5.91 Å². The molecule has 0 fully saturated rings. The Morgan fingerprint density at radius 1 is 1.24 bits per heavy atom. The van der Waals surface area contributed by atoms with E-state index in [0.29, 0.717) is 30.4 Å². The standard InChI is InChI=1S/C15H30N2O4/c1-7-14(21-12(3)18)9-13(19)8-11(2)15(20)16-10-17(4,5)6/h11,13-14,19H,7-10H2,1-6H3/p+1. The van der Waals surface area contributed by atoms with Crippen LogP contribution in [0.5, 0.6) is 0 Å². The Labute approximate surface area is 128 Å². The van der Waals surface area contributed by atoms with Crippen molar-refractivity contribution in [2.75, 3.05) is 27.8 Å². The van der Waals surface area contributed by atoms with Crippen molar-refractivity contribution >= 4 is 11.9 Å². The first-order valence-corrected chi connectivity index (χ1v) is 7.48. The number of esters is 1. The minimum absolute atomic E-state index is 0.0670. The van der Waals surface area contributed by atoms with Crippen LogP contribution in [0.4, 0.5) is 0 Å². The van der Waals surface area contributed by atoms with Gasteiger partial charge in [0, 0.05) is 19.3 Å². The van der Waals surface area contributed by atoms with Crippen LogP contribution in [0.15, 0.2) is 0 Å². The van der Waals surface area contributed by atoms with Crippen molar-refractivity contribution in [3.63, 3.8) is 0 Å². The van der Waals surface area contributed by atoms with Crippen LogP contribution in [0.25, 0.3) is 0 Å². The second-order valence-electron chi connectivity index (χ2n) is 6.66. The van der Waals surface area contributed by atoms with Gasteiger partial charge in [-0.3, -0.25) is 9.59 Å². The van der Waals surface area contributed by atoms with E-state index in [1.165, 1.54) is 6.92 Å². The van der Waals surface area contributed by atoms with Crippen LogP contribution in [0.3, 0.4) is 0 Å². The zero-order chi connectivity index (χ0) is 16.6. The van der Waals surface area contributed by atoms with Gasteiger partial charge in [-0.25, -0.2) is 0 Å². The maximum absolute atomic E-state index is 11.9. The summed E-state index contributed by atoms with van der Waals surface area (Å²) in [5.41, 5.74) is 0. The maximum Gasteiger partial charge on any atom is 0.302 e. The number of hydrogen-bond donors (Lipinski definition) is 2. The number of aliphatic hydroxyl groups excluding tert-OH is 1. The van der Waals surface area contributed by atoms with Gasteiger partial charge in [0.15, 0.2) is 6.67 Å². The molecule has 0 radical (unpaired) electrons.